The van der Waals surface area contributed by atoms with Gasteiger partial charge in [0.1, 0.15) is 0 Å². The van der Waals surface area contributed by atoms with Crippen LogP contribution < -0.4 is 11.1 Å². The van der Waals surface area contributed by atoms with Crippen LogP contribution in [0.25, 0.3) is 0 Å². The van der Waals surface area contributed by atoms with Crippen LogP contribution in [0, 0.1) is 11.8 Å². The van der Waals surface area contributed by atoms with Crippen molar-refractivity contribution in [3.63, 3.8) is 0 Å². The van der Waals surface area contributed by atoms with Crippen molar-refractivity contribution in [2.45, 2.75) is 38.5 Å². The van der Waals surface area contributed by atoms with Gasteiger partial charge in [-0.3, -0.25) is 4.79 Å². The summed E-state index contributed by atoms with van der Waals surface area (Å²) in [6.45, 7) is 4.55. The van der Waals surface area contributed by atoms with Gasteiger partial charge in [0.25, 0.3) is 0 Å². The average Bonchev–Trinajstić information content (AvgIpc) is 2.57. The van der Waals surface area contributed by atoms with Crippen LogP contribution in [-0.2, 0) is 9.53 Å². The highest BCUT2D eigenvalue weighted by atomic mass is 16.5. The zero-order valence-electron chi connectivity index (χ0n) is 8.69. The molecule has 0 aromatic carbocycles. The Morgan fingerprint density at radius 1 is 1.57 bits per heavy atom. The van der Waals surface area contributed by atoms with E-state index in [1.54, 1.807) is 0 Å². The number of fused-ring (bicyclic) bond motifs is 1. The second-order valence-corrected chi connectivity index (χ2v) is 4.55. The molecule has 0 radical (unpaired) electrons. The first-order valence-corrected chi connectivity index (χ1v) is 5.29. The van der Waals surface area contributed by atoms with E-state index in [0.29, 0.717) is 5.92 Å². The molecule has 4 heteroatoms. The van der Waals surface area contributed by atoms with Gasteiger partial charge >= 0.3 is 0 Å². The quantitative estimate of drug-likeness (QED) is 0.650. The lowest BCUT2D eigenvalue weighted by Gasteiger charge is -2.45. The van der Waals surface area contributed by atoms with E-state index >= 15 is 0 Å². The van der Waals surface area contributed by atoms with E-state index in [9.17, 15) is 4.79 Å². The van der Waals surface area contributed by atoms with Gasteiger partial charge in [-0.15, -0.1) is 0 Å². The van der Waals surface area contributed by atoms with Crippen LogP contribution in [0.1, 0.15) is 20.3 Å². The van der Waals surface area contributed by atoms with Crippen molar-refractivity contribution in [1.82, 2.24) is 5.32 Å². The molecular weight excluding hydrogens is 180 g/mol. The highest BCUT2D eigenvalue weighted by molar-refractivity contribution is 5.78. The molecule has 0 spiro atoms. The molecule has 1 saturated heterocycles. The SMILES string of the molecule is CC(C)C(=O)NC1C(N)C2CCOC21. The molecule has 80 valence electrons. The number of hydrogen-bond acceptors (Lipinski definition) is 3. The van der Waals surface area contributed by atoms with Crippen molar-refractivity contribution < 1.29 is 9.53 Å². The van der Waals surface area contributed by atoms with Gasteiger partial charge in [-0.1, -0.05) is 13.8 Å². The highest BCUT2D eigenvalue weighted by Crippen LogP contribution is 2.37. The molecule has 1 amide bonds. The van der Waals surface area contributed by atoms with Gasteiger partial charge < -0.3 is 15.8 Å². The second-order valence-electron chi connectivity index (χ2n) is 4.55. The Labute approximate surface area is 84.2 Å². The van der Waals surface area contributed by atoms with Gasteiger partial charge in [-0.2, -0.15) is 0 Å². The molecule has 4 unspecified atom stereocenters. The Morgan fingerprint density at radius 3 is 2.93 bits per heavy atom. The van der Waals surface area contributed by atoms with Gasteiger partial charge in [0.15, 0.2) is 0 Å². The summed E-state index contributed by atoms with van der Waals surface area (Å²) in [4.78, 5) is 11.5. The summed E-state index contributed by atoms with van der Waals surface area (Å²) < 4.78 is 5.52. The molecule has 4 nitrogen and oxygen atoms in total. The number of amides is 1. The standard InChI is InChI=1S/C10H18N2O2/c1-5(2)10(13)12-8-7(11)6-3-4-14-9(6)8/h5-9H,3-4,11H2,1-2H3,(H,12,13). The summed E-state index contributed by atoms with van der Waals surface area (Å²) in [6.07, 6.45) is 1.22. The minimum absolute atomic E-state index is 0.0163. The first-order chi connectivity index (χ1) is 6.61. The number of carbonyl (C=O) groups is 1. The fraction of sp³-hybridized carbons (Fsp3) is 0.900. The number of carbonyl (C=O) groups excluding carboxylic acids is 1. The third-order valence-electron chi connectivity index (χ3n) is 3.28. The Balaban J connectivity index is 1.90. The average molecular weight is 198 g/mol. The number of ether oxygens (including phenoxy) is 1. The van der Waals surface area contributed by atoms with Gasteiger partial charge in [0.2, 0.25) is 5.91 Å². The van der Waals surface area contributed by atoms with Crippen molar-refractivity contribution in [1.29, 1.82) is 0 Å². The molecule has 4 atom stereocenters. The zero-order chi connectivity index (χ0) is 10.3. The lowest BCUT2D eigenvalue weighted by atomic mass is 9.72. The van der Waals surface area contributed by atoms with Crippen LogP contribution in [-0.4, -0.2) is 30.7 Å². The third kappa shape index (κ3) is 1.42. The number of nitrogens with two attached hydrogens (primary N) is 1. The predicted octanol–water partition coefficient (Wildman–Crippen LogP) is -0.127. The maximum absolute atomic E-state index is 11.5. The van der Waals surface area contributed by atoms with Crippen molar-refractivity contribution in [2.75, 3.05) is 6.61 Å². The smallest absolute Gasteiger partial charge is 0.222 e. The first kappa shape index (κ1) is 9.93. The molecule has 2 rings (SSSR count). The molecule has 0 bridgehead atoms. The van der Waals surface area contributed by atoms with Gasteiger partial charge in [-0.05, 0) is 6.42 Å². The van der Waals surface area contributed by atoms with E-state index in [4.69, 9.17) is 10.5 Å². The van der Waals surface area contributed by atoms with Gasteiger partial charge in [0, 0.05) is 24.5 Å². The minimum Gasteiger partial charge on any atom is -0.376 e. The van der Waals surface area contributed by atoms with Gasteiger partial charge in [0.05, 0.1) is 12.1 Å². The normalized spacial score (nSPS) is 40.6. The number of rotatable bonds is 2. The monoisotopic (exact) mass is 198 g/mol. The van der Waals surface area contributed by atoms with Crippen LogP contribution >= 0.6 is 0 Å². The zero-order valence-corrected chi connectivity index (χ0v) is 8.69. The minimum atomic E-state index is 0.0163. The topological polar surface area (TPSA) is 64.4 Å². The lowest BCUT2D eigenvalue weighted by Crippen LogP contribution is -2.69. The molecule has 1 heterocycles. The van der Waals surface area contributed by atoms with Crippen LogP contribution in [0.2, 0.25) is 0 Å². The Morgan fingerprint density at radius 2 is 2.29 bits per heavy atom. The molecule has 2 fully saturated rings. The fourth-order valence-corrected chi connectivity index (χ4v) is 2.26. The largest absolute Gasteiger partial charge is 0.376 e. The summed E-state index contributed by atoms with van der Waals surface area (Å²) in [5, 5.41) is 2.95. The van der Waals surface area contributed by atoms with E-state index in [2.05, 4.69) is 5.32 Å². The highest BCUT2D eigenvalue weighted by Gasteiger charge is 2.52. The maximum atomic E-state index is 11.5. The fourth-order valence-electron chi connectivity index (χ4n) is 2.26. The Bertz CT molecular complexity index is 242. The molecule has 1 saturated carbocycles. The van der Waals surface area contributed by atoms with Gasteiger partial charge in [-0.25, -0.2) is 0 Å². The molecule has 3 N–H and O–H groups in total. The summed E-state index contributed by atoms with van der Waals surface area (Å²) >= 11 is 0. The lowest BCUT2D eigenvalue weighted by molar-refractivity contribution is -0.128. The van der Waals surface area contributed by atoms with E-state index in [1.165, 1.54) is 0 Å². The molecule has 0 aromatic heterocycles. The van der Waals surface area contributed by atoms with E-state index in [1.807, 2.05) is 13.8 Å². The maximum Gasteiger partial charge on any atom is 0.222 e. The van der Waals surface area contributed by atoms with E-state index in [0.717, 1.165) is 13.0 Å². The van der Waals surface area contributed by atoms with Crippen molar-refractivity contribution in [3.8, 4) is 0 Å². The summed E-state index contributed by atoms with van der Waals surface area (Å²) in [5.41, 5.74) is 5.96. The van der Waals surface area contributed by atoms with Crippen LogP contribution in [0.3, 0.4) is 0 Å². The molecular formula is C10H18N2O2. The predicted molar refractivity (Wildman–Crippen MR) is 52.6 cm³/mol. The van der Waals surface area contributed by atoms with Crippen molar-refractivity contribution in [2.24, 2.45) is 17.6 Å². The summed E-state index contributed by atoms with van der Waals surface area (Å²) in [5.74, 6) is 0.550. The van der Waals surface area contributed by atoms with Crippen LogP contribution in [0.5, 0.6) is 0 Å². The van der Waals surface area contributed by atoms with Crippen LogP contribution in [0.4, 0.5) is 0 Å². The first-order valence-electron chi connectivity index (χ1n) is 5.29. The number of hydrogen-bond donors (Lipinski definition) is 2. The molecule has 1 aliphatic heterocycles. The van der Waals surface area contributed by atoms with Crippen molar-refractivity contribution in [3.05, 3.63) is 0 Å². The van der Waals surface area contributed by atoms with Crippen LogP contribution in [0.15, 0.2) is 0 Å². The molecule has 0 aromatic rings. The Hall–Kier alpha value is -0.610. The molecule has 14 heavy (non-hydrogen) atoms. The third-order valence-corrected chi connectivity index (χ3v) is 3.28. The van der Waals surface area contributed by atoms with E-state index in [-0.39, 0.29) is 30.0 Å². The molecule has 1 aliphatic carbocycles. The molecule has 2 aliphatic rings. The summed E-state index contributed by atoms with van der Waals surface area (Å²) in [6, 6.07) is 0.127. The van der Waals surface area contributed by atoms with Crippen molar-refractivity contribution >= 4 is 5.91 Å². The Kier molecular flexibility index (Phi) is 2.49. The van der Waals surface area contributed by atoms with E-state index < -0.39 is 0 Å². The summed E-state index contributed by atoms with van der Waals surface area (Å²) in [7, 11) is 0. The number of nitrogens with one attached hydrogen (secondary N) is 1. The second kappa shape index (κ2) is 3.51.